The first-order valence-electron chi connectivity index (χ1n) is 11.6. The van der Waals surface area contributed by atoms with E-state index >= 15 is 0 Å². The summed E-state index contributed by atoms with van der Waals surface area (Å²) in [6, 6.07) is 19.2. The lowest BCUT2D eigenvalue weighted by molar-refractivity contribution is -0.147. The maximum absolute atomic E-state index is 13.2. The van der Waals surface area contributed by atoms with Crippen LogP contribution in [0.4, 0.5) is 16.2 Å². The van der Waals surface area contributed by atoms with E-state index in [0.717, 1.165) is 16.7 Å². The van der Waals surface area contributed by atoms with Gasteiger partial charge in [-0.3, -0.25) is 4.79 Å². The second-order valence-electron chi connectivity index (χ2n) is 8.91. The Bertz CT molecular complexity index is 1290. The zero-order chi connectivity index (χ0) is 25.8. The van der Waals surface area contributed by atoms with Gasteiger partial charge in [0.15, 0.2) is 0 Å². The molecule has 0 radical (unpaired) electrons. The number of carbonyl (C=O) groups excluding carboxylic acids is 3. The number of esters is 1. The molecule has 0 saturated carbocycles. The standard InChI is InChI=1S/C28H29N3O5/c1-17(2)25(27(33)36-4)31-16-20-9-8-19(14-24(20)26(31)32)18-10-12-21(13-11-18)29-28(34)30-22-6-5-7-23(15-22)35-3/h5-15,17,25H,16H2,1-4H3,(H2,29,30,34). The molecule has 0 saturated heterocycles. The first-order valence-corrected chi connectivity index (χ1v) is 11.6. The van der Waals surface area contributed by atoms with Crippen LogP contribution in [0.15, 0.2) is 66.7 Å². The number of urea groups is 1. The number of benzene rings is 3. The summed E-state index contributed by atoms with van der Waals surface area (Å²) >= 11 is 0. The van der Waals surface area contributed by atoms with Crippen molar-refractivity contribution in [3.8, 4) is 16.9 Å². The molecule has 1 heterocycles. The Hall–Kier alpha value is -4.33. The molecule has 0 spiro atoms. The molecule has 0 aliphatic carbocycles. The van der Waals surface area contributed by atoms with Crippen LogP contribution in [0.3, 0.4) is 0 Å². The number of carbonyl (C=O) groups is 3. The predicted octanol–water partition coefficient (Wildman–Crippen LogP) is 5.16. The summed E-state index contributed by atoms with van der Waals surface area (Å²) < 4.78 is 10.1. The molecule has 8 heteroatoms. The second kappa shape index (κ2) is 10.5. The fraction of sp³-hybridized carbons (Fsp3) is 0.250. The number of nitrogens with zero attached hydrogens (tertiary/aromatic N) is 1. The number of nitrogens with one attached hydrogen (secondary N) is 2. The zero-order valence-corrected chi connectivity index (χ0v) is 20.7. The molecule has 0 aromatic heterocycles. The summed E-state index contributed by atoms with van der Waals surface area (Å²) in [4.78, 5) is 39.4. The van der Waals surface area contributed by atoms with Gasteiger partial charge in [-0.15, -0.1) is 0 Å². The van der Waals surface area contributed by atoms with Crippen LogP contribution in [0.1, 0.15) is 29.8 Å². The fourth-order valence-corrected chi connectivity index (χ4v) is 4.35. The van der Waals surface area contributed by atoms with Crippen LogP contribution >= 0.6 is 0 Å². The van der Waals surface area contributed by atoms with E-state index in [1.807, 2.05) is 44.2 Å². The van der Waals surface area contributed by atoms with Gasteiger partial charge in [0.25, 0.3) is 5.91 Å². The summed E-state index contributed by atoms with van der Waals surface area (Å²) in [5.74, 6) is -0.0113. The van der Waals surface area contributed by atoms with E-state index in [1.54, 1.807) is 48.4 Å². The Morgan fingerprint density at radius 2 is 1.58 bits per heavy atom. The Morgan fingerprint density at radius 1 is 0.889 bits per heavy atom. The third kappa shape index (κ3) is 5.17. The topological polar surface area (TPSA) is 97.0 Å². The highest BCUT2D eigenvalue weighted by atomic mass is 16.5. The van der Waals surface area contributed by atoms with Gasteiger partial charge in [-0.25, -0.2) is 9.59 Å². The molecule has 0 bridgehead atoms. The Kier molecular flexibility index (Phi) is 7.24. The van der Waals surface area contributed by atoms with Gasteiger partial charge in [0.1, 0.15) is 11.8 Å². The van der Waals surface area contributed by atoms with Crippen molar-refractivity contribution in [2.75, 3.05) is 24.9 Å². The largest absolute Gasteiger partial charge is 0.497 e. The van der Waals surface area contributed by atoms with Gasteiger partial charge < -0.3 is 25.0 Å². The highest BCUT2D eigenvalue weighted by molar-refractivity contribution is 6.02. The summed E-state index contributed by atoms with van der Waals surface area (Å²) in [5, 5.41) is 5.58. The quantitative estimate of drug-likeness (QED) is 0.449. The van der Waals surface area contributed by atoms with Crippen LogP contribution in [0.2, 0.25) is 0 Å². The van der Waals surface area contributed by atoms with Crippen molar-refractivity contribution in [2.45, 2.75) is 26.4 Å². The fourth-order valence-electron chi connectivity index (χ4n) is 4.35. The lowest BCUT2D eigenvalue weighted by Crippen LogP contribution is -2.45. The van der Waals surface area contributed by atoms with Gasteiger partial charge in [0.2, 0.25) is 0 Å². The lowest BCUT2D eigenvalue weighted by Gasteiger charge is -2.28. The molecule has 0 fully saturated rings. The zero-order valence-electron chi connectivity index (χ0n) is 20.7. The highest BCUT2D eigenvalue weighted by Crippen LogP contribution is 2.32. The van der Waals surface area contributed by atoms with Gasteiger partial charge in [-0.2, -0.15) is 0 Å². The normalized spacial score (nSPS) is 13.2. The van der Waals surface area contributed by atoms with Crippen molar-refractivity contribution in [3.05, 3.63) is 77.9 Å². The van der Waals surface area contributed by atoms with Crippen LogP contribution < -0.4 is 15.4 Å². The molecule has 3 amide bonds. The molecule has 2 N–H and O–H groups in total. The summed E-state index contributed by atoms with van der Waals surface area (Å²) in [7, 11) is 2.91. The summed E-state index contributed by atoms with van der Waals surface area (Å²) in [5.41, 5.74) is 4.48. The third-order valence-electron chi connectivity index (χ3n) is 6.16. The van der Waals surface area contributed by atoms with Crippen LogP contribution in [-0.2, 0) is 16.1 Å². The maximum atomic E-state index is 13.2. The smallest absolute Gasteiger partial charge is 0.328 e. The molecular weight excluding hydrogens is 458 g/mol. The molecule has 186 valence electrons. The number of fused-ring (bicyclic) bond motifs is 1. The van der Waals surface area contributed by atoms with Crippen molar-refractivity contribution < 1.29 is 23.9 Å². The summed E-state index contributed by atoms with van der Waals surface area (Å²) in [6.45, 7) is 4.17. The number of methoxy groups -OCH3 is 2. The van der Waals surface area contributed by atoms with E-state index < -0.39 is 12.0 Å². The number of rotatable bonds is 7. The number of hydrogen-bond acceptors (Lipinski definition) is 5. The van der Waals surface area contributed by atoms with Crippen molar-refractivity contribution >= 4 is 29.3 Å². The average molecular weight is 488 g/mol. The summed E-state index contributed by atoms with van der Waals surface area (Å²) in [6.07, 6.45) is 0. The van der Waals surface area contributed by atoms with E-state index in [4.69, 9.17) is 9.47 Å². The van der Waals surface area contributed by atoms with Crippen LogP contribution in [0.25, 0.3) is 11.1 Å². The van der Waals surface area contributed by atoms with Crippen molar-refractivity contribution in [1.82, 2.24) is 4.90 Å². The minimum absolute atomic E-state index is 0.0728. The maximum Gasteiger partial charge on any atom is 0.328 e. The number of anilines is 2. The SMILES string of the molecule is COC(=O)C(C(C)C)N1Cc2ccc(-c3ccc(NC(=O)Nc4cccc(OC)c4)cc3)cc2C1=O. The Balaban J connectivity index is 1.46. The molecule has 8 nitrogen and oxygen atoms in total. The monoisotopic (exact) mass is 487 g/mol. The highest BCUT2D eigenvalue weighted by Gasteiger charge is 2.38. The van der Waals surface area contributed by atoms with Crippen molar-refractivity contribution in [3.63, 3.8) is 0 Å². The molecule has 3 aromatic rings. The van der Waals surface area contributed by atoms with Crippen molar-refractivity contribution in [1.29, 1.82) is 0 Å². The van der Waals surface area contributed by atoms with Gasteiger partial charge in [0.05, 0.1) is 14.2 Å². The second-order valence-corrected chi connectivity index (χ2v) is 8.91. The molecule has 4 rings (SSSR count). The molecule has 3 aromatic carbocycles. The van der Waals surface area contributed by atoms with Gasteiger partial charge >= 0.3 is 12.0 Å². The van der Waals surface area contributed by atoms with Gasteiger partial charge in [-0.1, -0.05) is 44.2 Å². The number of hydrogen-bond donors (Lipinski definition) is 2. The van der Waals surface area contributed by atoms with E-state index in [9.17, 15) is 14.4 Å². The molecule has 1 unspecified atom stereocenters. The minimum Gasteiger partial charge on any atom is -0.497 e. The van der Waals surface area contributed by atoms with Crippen LogP contribution in [0, 0.1) is 5.92 Å². The Labute approximate surface area is 210 Å². The molecule has 1 aliphatic heterocycles. The van der Waals surface area contributed by atoms with Crippen LogP contribution in [0.5, 0.6) is 5.75 Å². The minimum atomic E-state index is -0.633. The van der Waals surface area contributed by atoms with E-state index in [1.165, 1.54) is 7.11 Å². The predicted molar refractivity (Wildman–Crippen MR) is 138 cm³/mol. The molecule has 36 heavy (non-hydrogen) atoms. The third-order valence-corrected chi connectivity index (χ3v) is 6.16. The molecular formula is C28H29N3O5. The molecule has 1 atom stereocenters. The van der Waals surface area contributed by atoms with E-state index in [-0.39, 0.29) is 17.9 Å². The van der Waals surface area contributed by atoms with Gasteiger partial charge in [0, 0.05) is 29.5 Å². The van der Waals surface area contributed by atoms with Gasteiger partial charge in [-0.05, 0) is 52.9 Å². The number of ether oxygens (including phenoxy) is 2. The van der Waals surface area contributed by atoms with Crippen molar-refractivity contribution in [2.24, 2.45) is 5.92 Å². The first-order chi connectivity index (χ1) is 17.3. The lowest BCUT2D eigenvalue weighted by atomic mass is 10.00. The van der Waals surface area contributed by atoms with Crippen LogP contribution in [-0.4, -0.2) is 43.1 Å². The first kappa shape index (κ1) is 24.8. The number of amides is 3. The van der Waals surface area contributed by atoms with E-state index in [2.05, 4.69) is 10.6 Å². The molecule has 1 aliphatic rings. The van der Waals surface area contributed by atoms with E-state index in [0.29, 0.717) is 29.2 Å². The average Bonchev–Trinajstić information content (AvgIpc) is 3.19. The Morgan fingerprint density at radius 3 is 2.25 bits per heavy atom.